The second kappa shape index (κ2) is 8.41. The Labute approximate surface area is 228 Å². The summed E-state index contributed by atoms with van der Waals surface area (Å²) in [4.78, 5) is 38.8. The highest BCUT2D eigenvalue weighted by molar-refractivity contribution is 5.95. The van der Waals surface area contributed by atoms with Crippen LogP contribution >= 0.6 is 0 Å². The molecular formula is C32H49NO5. The Morgan fingerprint density at radius 1 is 0.974 bits per heavy atom. The third-order valence-electron chi connectivity index (χ3n) is 13.4. The van der Waals surface area contributed by atoms with E-state index in [0.717, 1.165) is 44.9 Å². The summed E-state index contributed by atoms with van der Waals surface area (Å²) in [6.45, 7) is 15.4. The number of rotatable bonds is 3. The summed E-state index contributed by atoms with van der Waals surface area (Å²) in [7, 11) is 0. The van der Waals surface area contributed by atoms with Crippen molar-refractivity contribution in [3.05, 3.63) is 11.6 Å². The summed E-state index contributed by atoms with van der Waals surface area (Å²) in [5, 5.41) is 10.9. The van der Waals surface area contributed by atoms with E-state index in [2.05, 4.69) is 41.5 Å². The van der Waals surface area contributed by atoms with Crippen LogP contribution in [0.5, 0.6) is 0 Å². The van der Waals surface area contributed by atoms with E-state index in [0.29, 0.717) is 18.8 Å². The number of aliphatic hydroxyl groups is 1. The predicted octanol–water partition coefficient (Wildman–Crippen LogP) is 5.36. The smallest absolute Gasteiger partial charge is 0.312 e. The molecule has 212 valence electrons. The maximum absolute atomic E-state index is 14.4. The largest absolute Gasteiger partial charge is 0.455 e. The number of esters is 1. The van der Waals surface area contributed by atoms with Gasteiger partial charge in [-0.05, 0) is 110 Å². The fraction of sp³-hybridized carbons (Fsp3) is 0.844. The van der Waals surface area contributed by atoms with Crippen molar-refractivity contribution in [1.82, 2.24) is 0 Å². The third kappa shape index (κ3) is 3.57. The zero-order valence-corrected chi connectivity index (χ0v) is 24.6. The van der Waals surface area contributed by atoms with Gasteiger partial charge >= 0.3 is 5.97 Å². The lowest BCUT2D eigenvalue weighted by Gasteiger charge is -2.70. The first-order valence-corrected chi connectivity index (χ1v) is 14.8. The molecule has 0 aromatic heterocycles. The molecule has 1 amide bonds. The van der Waals surface area contributed by atoms with Gasteiger partial charge < -0.3 is 15.6 Å². The van der Waals surface area contributed by atoms with Crippen LogP contribution in [0.4, 0.5) is 0 Å². The average molecular weight is 528 g/mol. The normalized spacial score (nSPS) is 49.5. The molecule has 0 bridgehead atoms. The summed E-state index contributed by atoms with van der Waals surface area (Å²) in [6.07, 6.45) is 9.72. The van der Waals surface area contributed by atoms with E-state index in [1.54, 1.807) is 0 Å². The lowest BCUT2D eigenvalue weighted by atomic mass is 9.33. The van der Waals surface area contributed by atoms with Crippen molar-refractivity contribution in [2.75, 3.05) is 6.61 Å². The first kappa shape index (κ1) is 27.9. The standard InChI is InChI=1S/C32H49NO5/c1-27(2)22-8-11-32(7)25(30(22,5)10-9-23(27)35)21(34)16-19-20-17-29(4,26(37)38-18-24(33)36)13-12-28(20,3)14-15-31(19,32)6/h16,20,22-23,25,35H,8-15,17-18H2,1-7H3,(H2,33,36)/t20-,22-,23-,25+,28+,29-,30-,31+,32+/m0/s1. The van der Waals surface area contributed by atoms with Gasteiger partial charge in [-0.15, -0.1) is 0 Å². The van der Waals surface area contributed by atoms with Gasteiger partial charge in [0.15, 0.2) is 12.4 Å². The van der Waals surface area contributed by atoms with E-state index in [1.807, 2.05) is 13.0 Å². The molecule has 4 saturated carbocycles. The Balaban J connectivity index is 1.55. The van der Waals surface area contributed by atoms with Crippen LogP contribution in [0.15, 0.2) is 11.6 Å². The SMILES string of the molecule is CC1(C)[C@@H](O)CC[C@]2(C)[C@H]3C(=O)C=C4[C@@H]5C[C@@](C)(C(=O)OCC(N)=O)CC[C@]5(C)CC[C@@]4(C)[C@]3(C)CC[C@@H]12. The Morgan fingerprint density at radius 3 is 2.29 bits per heavy atom. The number of aliphatic hydroxyl groups excluding tert-OH is 1. The second-order valence-electron chi connectivity index (χ2n) is 15.7. The summed E-state index contributed by atoms with van der Waals surface area (Å²) < 4.78 is 5.33. The lowest BCUT2D eigenvalue weighted by molar-refractivity contribution is -0.202. The number of carbonyl (C=O) groups excluding carboxylic acids is 3. The Bertz CT molecular complexity index is 1100. The molecule has 0 unspecified atom stereocenters. The van der Waals surface area contributed by atoms with Crippen molar-refractivity contribution in [3.63, 3.8) is 0 Å². The van der Waals surface area contributed by atoms with Gasteiger partial charge in [0, 0.05) is 5.92 Å². The first-order valence-electron chi connectivity index (χ1n) is 14.8. The monoisotopic (exact) mass is 527 g/mol. The number of amides is 1. The van der Waals surface area contributed by atoms with Crippen LogP contribution < -0.4 is 5.73 Å². The molecule has 9 atom stereocenters. The van der Waals surface area contributed by atoms with E-state index < -0.39 is 11.3 Å². The third-order valence-corrected chi connectivity index (χ3v) is 13.4. The number of hydrogen-bond donors (Lipinski definition) is 2. The van der Waals surface area contributed by atoms with Crippen molar-refractivity contribution < 1.29 is 24.2 Å². The van der Waals surface area contributed by atoms with Gasteiger partial charge in [-0.2, -0.15) is 0 Å². The molecule has 3 N–H and O–H groups in total. The van der Waals surface area contributed by atoms with Gasteiger partial charge in [0.25, 0.3) is 5.91 Å². The van der Waals surface area contributed by atoms with Gasteiger partial charge in [0.05, 0.1) is 11.5 Å². The summed E-state index contributed by atoms with van der Waals surface area (Å²) >= 11 is 0. The number of nitrogens with two attached hydrogens (primary N) is 1. The molecule has 0 aromatic carbocycles. The molecule has 0 radical (unpaired) electrons. The molecule has 5 aliphatic carbocycles. The second-order valence-corrected chi connectivity index (χ2v) is 15.7. The molecule has 0 heterocycles. The zero-order chi connectivity index (χ0) is 28.1. The van der Waals surface area contributed by atoms with Crippen molar-refractivity contribution >= 4 is 17.7 Å². The number of ketones is 1. The van der Waals surface area contributed by atoms with E-state index in [4.69, 9.17) is 10.5 Å². The maximum Gasteiger partial charge on any atom is 0.312 e. The quantitative estimate of drug-likeness (QED) is 0.481. The van der Waals surface area contributed by atoms with E-state index >= 15 is 0 Å². The van der Waals surface area contributed by atoms with Crippen LogP contribution in [0.2, 0.25) is 0 Å². The van der Waals surface area contributed by atoms with Crippen molar-refractivity contribution in [1.29, 1.82) is 0 Å². The molecule has 0 spiro atoms. The molecule has 38 heavy (non-hydrogen) atoms. The van der Waals surface area contributed by atoms with Crippen molar-refractivity contribution in [3.8, 4) is 0 Å². The number of hydrogen-bond acceptors (Lipinski definition) is 5. The molecule has 6 nitrogen and oxygen atoms in total. The number of allylic oxidation sites excluding steroid dienone is 2. The van der Waals surface area contributed by atoms with Crippen LogP contribution in [0.1, 0.15) is 106 Å². The highest BCUT2D eigenvalue weighted by atomic mass is 16.5. The van der Waals surface area contributed by atoms with Gasteiger partial charge in [-0.3, -0.25) is 14.4 Å². The number of carbonyl (C=O) groups is 3. The molecule has 4 fully saturated rings. The molecule has 0 aliphatic heterocycles. The first-order chi connectivity index (χ1) is 17.4. The van der Waals surface area contributed by atoms with Gasteiger partial charge in [0.1, 0.15) is 0 Å². The number of primary amides is 1. The molecule has 6 heteroatoms. The predicted molar refractivity (Wildman–Crippen MR) is 146 cm³/mol. The van der Waals surface area contributed by atoms with Crippen LogP contribution in [-0.2, 0) is 19.1 Å². The van der Waals surface area contributed by atoms with Gasteiger partial charge in [-0.1, -0.05) is 47.1 Å². The van der Waals surface area contributed by atoms with E-state index in [-0.39, 0.29) is 63.4 Å². The van der Waals surface area contributed by atoms with Crippen LogP contribution in [0.3, 0.4) is 0 Å². The molecule has 0 saturated heterocycles. The average Bonchev–Trinajstić information content (AvgIpc) is 2.82. The Morgan fingerprint density at radius 2 is 1.63 bits per heavy atom. The number of fused-ring (bicyclic) bond motifs is 7. The Hall–Kier alpha value is -1.69. The molecule has 0 aromatic rings. The maximum atomic E-state index is 14.4. The van der Waals surface area contributed by atoms with Crippen LogP contribution in [0, 0.1) is 50.2 Å². The molecule has 5 rings (SSSR count). The van der Waals surface area contributed by atoms with Crippen LogP contribution in [-0.4, -0.2) is 35.5 Å². The summed E-state index contributed by atoms with van der Waals surface area (Å²) in [6, 6.07) is 0. The van der Waals surface area contributed by atoms with Gasteiger partial charge in [-0.25, -0.2) is 0 Å². The fourth-order valence-electron chi connectivity index (χ4n) is 10.7. The minimum absolute atomic E-state index is 0.0380. The van der Waals surface area contributed by atoms with Gasteiger partial charge in [0.2, 0.25) is 0 Å². The minimum atomic E-state index is -0.702. The van der Waals surface area contributed by atoms with E-state index in [1.165, 1.54) is 5.57 Å². The summed E-state index contributed by atoms with van der Waals surface area (Å²) in [5.74, 6) is -0.367. The van der Waals surface area contributed by atoms with E-state index in [9.17, 15) is 19.5 Å². The van der Waals surface area contributed by atoms with Crippen molar-refractivity contribution in [2.45, 2.75) is 112 Å². The van der Waals surface area contributed by atoms with Crippen molar-refractivity contribution in [2.24, 2.45) is 56.0 Å². The Kier molecular flexibility index (Phi) is 6.16. The minimum Gasteiger partial charge on any atom is -0.455 e. The lowest BCUT2D eigenvalue weighted by Crippen LogP contribution is -2.66. The fourth-order valence-corrected chi connectivity index (χ4v) is 10.7. The topological polar surface area (TPSA) is 107 Å². The van der Waals surface area contributed by atoms with Crippen LogP contribution in [0.25, 0.3) is 0 Å². The summed E-state index contributed by atoms with van der Waals surface area (Å²) in [5.41, 5.74) is 5.19. The zero-order valence-electron chi connectivity index (χ0n) is 24.6. The number of ether oxygens (including phenoxy) is 1. The highest BCUT2D eigenvalue weighted by Crippen LogP contribution is 2.75. The highest BCUT2D eigenvalue weighted by Gasteiger charge is 2.70. The molecule has 5 aliphatic rings. The molecular weight excluding hydrogens is 478 g/mol.